The molecule has 1 saturated heterocycles. The Balaban J connectivity index is 1.63. The Morgan fingerprint density at radius 2 is 2.06 bits per heavy atom. The summed E-state index contributed by atoms with van der Waals surface area (Å²) in [6, 6.07) is 10.00. The first-order chi connectivity index (χ1) is 8.74. The van der Waals surface area contributed by atoms with Gasteiger partial charge in [-0.05, 0) is 24.4 Å². The van der Waals surface area contributed by atoms with Gasteiger partial charge in [0.15, 0.2) is 0 Å². The predicted octanol–water partition coefficient (Wildman–Crippen LogP) is 2.79. The highest BCUT2D eigenvalue weighted by molar-refractivity contribution is 5.13. The second kappa shape index (κ2) is 6.81. The summed E-state index contributed by atoms with van der Waals surface area (Å²) in [5.74, 6) is 0.396. The molecule has 0 amide bonds. The number of rotatable bonds is 6. The van der Waals surface area contributed by atoms with Crippen LogP contribution in [0.25, 0.3) is 0 Å². The Labute approximate surface area is 107 Å². The fourth-order valence-electron chi connectivity index (χ4n) is 2.33. The summed E-state index contributed by atoms with van der Waals surface area (Å²) in [4.78, 5) is 1.82. The largest absolute Gasteiger partial charge is 0.376 e. The molecule has 1 unspecified atom stereocenters. The third-order valence-electron chi connectivity index (χ3n) is 3.23. The van der Waals surface area contributed by atoms with Gasteiger partial charge in [-0.1, -0.05) is 30.3 Å². The van der Waals surface area contributed by atoms with Gasteiger partial charge in [0.2, 0.25) is 0 Å². The smallest absolute Gasteiger partial charge is 0.251 e. The van der Waals surface area contributed by atoms with Gasteiger partial charge in [0.25, 0.3) is 6.43 Å². The van der Waals surface area contributed by atoms with Gasteiger partial charge in [-0.15, -0.1) is 0 Å². The maximum absolute atomic E-state index is 12.2. The van der Waals surface area contributed by atoms with Gasteiger partial charge in [-0.2, -0.15) is 0 Å². The Morgan fingerprint density at radius 1 is 1.28 bits per heavy atom. The Hall–Kier alpha value is -1.00. The summed E-state index contributed by atoms with van der Waals surface area (Å²) in [6.07, 6.45) is -1.27. The summed E-state index contributed by atoms with van der Waals surface area (Å²) < 4.78 is 30.1. The van der Waals surface area contributed by atoms with E-state index in [0.29, 0.717) is 19.1 Å². The van der Waals surface area contributed by atoms with Crippen LogP contribution in [0.5, 0.6) is 0 Å². The SMILES string of the molecule is FC(F)CN1CCC(COCc2ccccc2)C1. The van der Waals surface area contributed by atoms with Crippen molar-refractivity contribution in [1.82, 2.24) is 4.90 Å². The molecule has 0 radical (unpaired) electrons. The lowest BCUT2D eigenvalue weighted by atomic mass is 10.1. The molecule has 1 atom stereocenters. The van der Waals surface area contributed by atoms with E-state index < -0.39 is 6.43 Å². The van der Waals surface area contributed by atoms with Crippen molar-refractivity contribution in [3.8, 4) is 0 Å². The zero-order valence-electron chi connectivity index (χ0n) is 10.4. The molecule has 0 aromatic heterocycles. The van der Waals surface area contributed by atoms with Crippen LogP contribution in [0.4, 0.5) is 8.78 Å². The van der Waals surface area contributed by atoms with E-state index in [1.54, 1.807) is 0 Å². The average Bonchev–Trinajstić information content (AvgIpc) is 2.77. The van der Waals surface area contributed by atoms with Crippen LogP contribution in [-0.2, 0) is 11.3 Å². The third kappa shape index (κ3) is 4.35. The summed E-state index contributed by atoms with van der Waals surface area (Å²) in [6.45, 7) is 2.67. The van der Waals surface area contributed by atoms with Crippen molar-refractivity contribution in [2.75, 3.05) is 26.2 Å². The lowest BCUT2D eigenvalue weighted by Gasteiger charge is -2.15. The quantitative estimate of drug-likeness (QED) is 0.775. The molecule has 0 aliphatic carbocycles. The zero-order chi connectivity index (χ0) is 12.8. The minimum atomic E-state index is -2.23. The van der Waals surface area contributed by atoms with Crippen molar-refractivity contribution < 1.29 is 13.5 Å². The molecule has 0 N–H and O–H groups in total. The van der Waals surface area contributed by atoms with Crippen LogP contribution in [0.15, 0.2) is 30.3 Å². The Kier molecular flexibility index (Phi) is 5.08. The molecule has 4 heteroatoms. The topological polar surface area (TPSA) is 12.5 Å². The number of nitrogens with zero attached hydrogens (tertiary/aromatic N) is 1. The molecule has 1 fully saturated rings. The van der Waals surface area contributed by atoms with Crippen molar-refractivity contribution in [2.24, 2.45) is 5.92 Å². The van der Waals surface area contributed by atoms with Gasteiger partial charge in [0, 0.05) is 6.54 Å². The summed E-state index contributed by atoms with van der Waals surface area (Å²) in [5, 5.41) is 0. The van der Waals surface area contributed by atoms with Crippen LogP contribution in [0, 0.1) is 5.92 Å². The second-order valence-corrected chi connectivity index (χ2v) is 4.81. The minimum Gasteiger partial charge on any atom is -0.376 e. The number of likely N-dealkylation sites (tertiary alicyclic amines) is 1. The molecule has 0 bridgehead atoms. The van der Waals surface area contributed by atoms with Gasteiger partial charge in [0.1, 0.15) is 0 Å². The molecule has 1 aliphatic rings. The number of alkyl halides is 2. The summed E-state index contributed by atoms with van der Waals surface area (Å²) in [5.41, 5.74) is 1.15. The second-order valence-electron chi connectivity index (χ2n) is 4.81. The highest BCUT2D eigenvalue weighted by Crippen LogP contribution is 2.18. The Morgan fingerprint density at radius 3 is 2.78 bits per heavy atom. The van der Waals surface area contributed by atoms with Gasteiger partial charge in [0.05, 0.1) is 19.8 Å². The number of hydrogen-bond acceptors (Lipinski definition) is 2. The third-order valence-corrected chi connectivity index (χ3v) is 3.23. The van der Waals surface area contributed by atoms with Crippen LogP contribution >= 0.6 is 0 Å². The molecule has 0 saturated carbocycles. The van der Waals surface area contributed by atoms with Crippen LogP contribution in [-0.4, -0.2) is 37.6 Å². The number of benzene rings is 1. The van der Waals surface area contributed by atoms with Crippen molar-refractivity contribution in [1.29, 1.82) is 0 Å². The van der Waals surface area contributed by atoms with E-state index in [0.717, 1.165) is 25.1 Å². The van der Waals surface area contributed by atoms with Gasteiger partial charge in [-0.25, -0.2) is 8.78 Å². The van der Waals surface area contributed by atoms with Crippen LogP contribution in [0.2, 0.25) is 0 Å². The van der Waals surface area contributed by atoms with Crippen LogP contribution in [0.3, 0.4) is 0 Å². The molecule has 0 spiro atoms. The van der Waals surface area contributed by atoms with Crippen molar-refractivity contribution in [3.63, 3.8) is 0 Å². The van der Waals surface area contributed by atoms with Gasteiger partial charge in [-0.3, -0.25) is 4.90 Å². The van der Waals surface area contributed by atoms with E-state index in [9.17, 15) is 8.78 Å². The zero-order valence-corrected chi connectivity index (χ0v) is 10.4. The molecular formula is C14H19F2NO. The monoisotopic (exact) mass is 255 g/mol. The van der Waals surface area contributed by atoms with Crippen LogP contribution in [0.1, 0.15) is 12.0 Å². The van der Waals surface area contributed by atoms with E-state index in [1.165, 1.54) is 0 Å². The van der Waals surface area contributed by atoms with E-state index in [4.69, 9.17) is 4.74 Å². The molecule has 1 aromatic rings. The van der Waals surface area contributed by atoms with Gasteiger partial charge < -0.3 is 4.74 Å². The summed E-state index contributed by atoms with van der Waals surface area (Å²) >= 11 is 0. The van der Waals surface area contributed by atoms with Gasteiger partial charge >= 0.3 is 0 Å². The normalized spacial score (nSPS) is 20.7. The van der Waals surface area contributed by atoms with Crippen LogP contribution < -0.4 is 0 Å². The standard InChI is InChI=1S/C14H19F2NO/c15-14(16)9-17-7-6-13(8-17)11-18-10-12-4-2-1-3-5-12/h1-5,13-14H,6-11H2. The first-order valence-corrected chi connectivity index (χ1v) is 6.36. The predicted molar refractivity (Wildman–Crippen MR) is 66.6 cm³/mol. The summed E-state index contributed by atoms with van der Waals surface area (Å²) in [7, 11) is 0. The highest BCUT2D eigenvalue weighted by Gasteiger charge is 2.24. The molecule has 1 aromatic carbocycles. The average molecular weight is 255 g/mol. The molecule has 1 heterocycles. The van der Waals surface area contributed by atoms with Crippen molar-refractivity contribution in [3.05, 3.63) is 35.9 Å². The number of hydrogen-bond donors (Lipinski definition) is 0. The maximum Gasteiger partial charge on any atom is 0.251 e. The molecule has 18 heavy (non-hydrogen) atoms. The van der Waals surface area contributed by atoms with Crippen molar-refractivity contribution >= 4 is 0 Å². The first kappa shape index (κ1) is 13.4. The fourth-order valence-corrected chi connectivity index (χ4v) is 2.33. The molecular weight excluding hydrogens is 236 g/mol. The van der Waals surface area contributed by atoms with E-state index in [1.807, 2.05) is 35.2 Å². The highest BCUT2D eigenvalue weighted by atomic mass is 19.3. The molecule has 1 aliphatic heterocycles. The Bertz CT molecular complexity index is 345. The van der Waals surface area contributed by atoms with E-state index >= 15 is 0 Å². The number of halogens is 2. The first-order valence-electron chi connectivity index (χ1n) is 6.36. The van der Waals surface area contributed by atoms with E-state index in [-0.39, 0.29) is 6.54 Å². The maximum atomic E-state index is 12.2. The number of ether oxygens (including phenoxy) is 1. The molecule has 2 nitrogen and oxygen atoms in total. The van der Waals surface area contributed by atoms with Crippen molar-refractivity contribution in [2.45, 2.75) is 19.5 Å². The lowest BCUT2D eigenvalue weighted by molar-refractivity contribution is 0.0768. The van der Waals surface area contributed by atoms with E-state index in [2.05, 4.69) is 0 Å². The lowest BCUT2D eigenvalue weighted by Crippen LogP contribution is -2.27. The fraction of sp³-hybridized carbons (Fsp3) is 0.571. The molecule has 2 rings (SSSR count). The molecule has 100 valence electrons. The minimum absolute atomic E-state index is 0.102.